The molecule has 0 unspecified atom stereocenters. The number of anilines is 1. The van der Waals surface area contributed by atoms with Crippen molar-refractivity contribution in [1.82, 2.24) is 0 Å². The van der Waals surface area contributed by atoms with E-state index in [1.807, 2.05) is 0 Å². The highest BCUT2D eigenvalue weighted by molar-refractivity contribution is 6.11. The number of amides is 1. The Kier molecular flexibility index (Phi) is 5.12. The van der Waals surface area contributed by atoms with E-state index in [4.69, 9.17) is 10.00 Å². The maximum atomic E-state index is 13.6. The van der Waals surface area contributed by atoms with Gasteiger partial charge in [-0.25, -0.2) is 8.78 Å². The Morgan fingerprint density at radius 1 is 1.25 bits per heavy atom. The molecule has 24 heavy (non-hydrogen) atoms. The number of ether oxygens (including phenoxy) is 1. The molecule has 7 heteroatoms. The predicted molar refractivity (Wildman–Crippen MR) is 83.1 cm³/mol. The molecule has 0 spiro atoms. The second-order valence-electron chi connectivity index (χ2n) is 4.65. The zero-order valence-electron chi connectivity index (χ0n) is 12.5. The number of benzene rings is 2. The molecular formula is C17H12F2N2O3. The molecule has 0 aromatic heterocycles. The zero-order chi connectivity index (χ0) is 17.7. The largest absolute Gasteiger partial charge is 0.506 e. The molecule has 0 bridgehead atoms. The van der Waals surface area contributed by atoms with Crippen molar-refractivity contribution in [3.8, 4) is 11.8 Å². The number of nitriles is 1. The summed E-state index contributed by atoms with van der Waals surface area (Å²) >= 11 is 0. The number of methoxy groups -OCH3 is 1. The lowest BCUT2D eigenvalue weighted by molar-refractivity contribution is -0.112. The van der Waals surface area contributed by atoms with E-state index in [1.54, 1.807) is 18.2 Å². The molecule has 0 saturated heterocycles. The molecule has 0 fully saturated rings. The third-order valence-corrected chi connectivity index (χ3v) is 3.10. The van der Waals surface area contributed by atoms with Gasteiger partial charge < -0.3 is 15.2 Å². The third-order valence-electron chi connectivity index (χ3n) is 3.10. The predicted octanol–water partition coefficient (Wildman–Crippen LogP) is 3.40. The van der Waals surface area contributed by atoms with Crippen molar-refractivity contribution in [2.24, 2.45) is 0 Å². The number of aliphatic hydroxyl groups is 1. The monoisotopic (exact) mass is 330 g/mol. The Balaban J connectivity index is 2.35. The number of hydrogen-bond donors (Lipinski definition) is 2. The number of carbonyl (C=O) groups excluding carboxylic acids is 1. The number of halogens is 2. The van der Waals surface area contributed by atoms with Gasteiger partial charge in [0.05, 0.1) is 12.8 Å². The summed E-state index contributed by atoms with van der Waals surface area (Å²) in [6, 6.07) is 10.2. The molecule has 0 aliphatic rings. The number of nitrogens with one attached hydrogen (secondary N) is 1. The molecule has 2 N–H and O–H groups in total. The van der Waals surface area contributed by atoms with E-state index in [9.17, 15) is 18.7 Å². The second kappa shape index (κ2) is 7.24. The van der Waals surface area contributed by atoms with Crippen LogP contribution in [0.25, 0.3) is 5.76 Å². The van der Waals surface area contributed by atoms with Gasteiger partial charge in [0.15, 0.2) is 5.57 Å². The van der Waals surface area contributed by atoms with Gasteiger partial charge in [-0.15, -0.1) is 0 Å². The minimum absolute atomic E-state index is 0.181. The molecule has 2 aromatic rings. The Hall–Kier alpha value is -3.40. The second-order valence-corrected chi connectivity index (χ2v) is 4.65. The van der Waals surface area contributed by atoms with Crippen LogP contribution in [0.15, 0.2) is 48.0 Å². The summed E-state index contributed by atoms with van der Waals surface area (Å²) in [7, 11) is 1.43. The minimum atomic E-state index is -1.02. The zero-order valence-corrected chi connectivity index (χ0v) is 12.5. The first-order chi connectivity index (χ1) is 11.5. The van der Waals surface area contributed by atoms with Crippen LogP contribution < -0.4 is 10.1 Å². The normalized spacial score (nSPS) is 11.2. The summed E-state index contributed by atoms with van der Waals surface area (Å²) in [6.07, 6.45) is 0. The van der Waals surface area contributed by atoms with Crippen molar-refractivity contribution in [2.45, 2.75) is 0 Å². The first kappa shape index (κ1) is 17.0. The Labute approximate surface area is 136 Å². The fraction of sp³-hybridized carbons (Fsp3) is 0.0588. The van der Waals surface area contributed by atoms with Gasteiger partial charge in [0.2, 0.25) is 0 Å². The lowest BCUT2D eigenvalue weighted by atomic mass is 10.1. The van der Waals surface area contributed by atoms with Gasteiger partial charge in [0, 0.05) is 11.6 Å². The number of hydrogen-bond acceptors (Lipinski definition) is 4. The van der Waals surface area contributed by atoms with Gasteiger partial charge >= 0.3 is 0 Å². The molecule has 0 aliphatic carbocycles. The van der Waals surface area contributed by atoms with Gasteiger partial charge in [0.25, 0.3) is 5.91 Å². The van der Waals surface area contributed by atoms with Gasteiger partial charge in [0.1, 0.15) is 29.2 Å². The minimum Gasteiger partial charge on any atom is -0.506 e. The molecule has 122 valence electrons. The molecular weight excluding hydrogens is 318 g/mol. The van der Waals surface area contributed by atoms with E-state index in [2.05, 4.69) is 5.32 Å². The van der Waals surface area contributed by atoms with Crippen molar-refractivity contribution < 1.29 is 23.4 Å². The van der Waals surface area contributed by atoms with Crippen LogP contribution in [0.5, 0.6) is 5.75 Å². The fourth-order valence-corrected chi connectivity index (χ4v) is 1.90. The molecule has 0 heterocycles. The summed E-state index contributed by atoms with van der Waals surface area (Å²) in [5, 5.41) is 21.4. The van der Waals surface area contributed by atoms with Crippen molar-refractivity contribution in [3.63, 3.8) is 0 Å². The highest BCUT2D eigenvalue weighted by atomic mass is 19.1. The molecule has 0 radical (unpaired) electrons. The van der Waals surface area contributed by atoms with Crippen LogP contribution in [-0.2, 0) is 4.79 Å². The average molecular weight is 330 g/mol. The van der Waals surface area contributed by atoms with Crippen molar-refractivity contribution in [2.75, 3.05) is 12.4 Å². The highest BCUT2D eigenvalue weighted by Crippen LogP contribution is 2.22. The Morgan fingerprint density at radius 3 is 2.62 bits per heavy atom. The summed E-state index contributed by atoms with van der Waals surface area (Å²) in [6.45, 7) is 0. The van der Waals surface area contributed by atoms with Crippen LogP contribution in [-0.4, -0.2) is 18.1 Å². The van der Waals surface area contributed by atoms with Gasteiger partial charge in [-0.1, -0.05) is 12.1 Å². The smallest absolute Gasteiger partial charge is 0.270 e. The maximum Gasteiger partial charge on any atom is 0.270 e. The molecule has 0 aliphatic heterocycles. The summed E-state index contributed by atoms with van der Waals surface area (Å²) in [5.41, 5.74) is -0.750. The lowest BCUT2D eigenvalue weighted by Crippen LogP contribution is -2.16. The van der Waals surface area contributed by atoms with Crippen LogP contribution in [0.4, 0.5) is 14.5 Å². The number of nitrogens with zero attached hydrogens (tertiary/aromatic N) is 1. The summed E-state index contributed by atoms with van der Waals surface area (Å²) in [5.74, 6) is -3.00. The van der Waals surface area contributed by atoms with E-state index in [0.29, 0.717) is 11.8 Å². The molecule has 5 nitrogen and oxygen atoms in total. The Morgan fingerprint density at radius 2 is 2.00 bits per heavy atom. The van der Waals surface area contributed by atoms with E-state index in [-0.39, 0.29) is 11.3 Å². The van der Waals surface area contributed by atoms with Gasteiger partial charge in [-0.05, 0) is 24.3 Å². The molecule has 1 amide bonds. The standard InChI is InChI=1S/C17H12F2N2O3/c1-24-12-4-2-3-10(7-12)16(22)13(9-20)17(23)21-15-6-5-11(18)8-14(15)19/h2-8,22H,1H3,(H,21,23). The van der Waals surface area contributed by atoms with E-state index >= 15 is 0 Å². The molecule has 2 aromatic carbocycles. The van der Waals surface area contributed by atoms with Crippen LogP contribution in [0.3, 0.4) is 0 Å². The molecule has 0 atom stereocenters. The van der Waals surface area contributed by atoms with Crippen LogP contribution in [0.1, 0.15) is 5.56 Å². The van der Waals surface area contributed by atoms with Gasteiger partial charge in [-0.3, -0.25) is 4.79 Å². The molecule has 2 rings (SSSR count). The first-order valence-corrected chi connectivity index (χ1v) is 6.70. The Bertz CT molecular complexity index is 857. The third kappa shape index (κ3) is 3.67. The van der Waals surface area contributed by atoms with Crippen molar-refractivity contribution in [1.29, 1.82) is 5.26 Å². The topological polar surface area (TPSA) is 82.3 Å². The van der Waals surface area contributed by atoms with Gasteiger partial charge in [-0.2, -0.15) is 5.26 Å². The fourth-order valence-electron chi connectivity index (χ4n) is 1.90. The lowest BCUT2D eigenvalue weighted by Gasteiger charge is -2.08. The van der Waals surface area contributed by atoms with Crippen LogP contribution in [0, 0.1) is 23.0 Å². The summed E-state index contributed by atoms with van der Waals surface area (Å²) in [4.78, 5) is 12.1. The van der Waals surface area contributed by atoms with Crippen molar-refractivity contribution in [3.05, 3.63) is 65.2 Å². The molecule has 0 saturated carbocycles. The van der Waals surface area contributed by atoms with E-state index < -0.39 is 28.9 Å². The van der Waals surface area contributed by atoms with Crippen LogP contribution >= 0.6 is 0 Å². The SMILES string of the molecule is COc1cccc(C(O)=C(C#N)C(=O)Nc2ccc(F)cc2F)c1. The number of carbonyl (C=O) groups is 1. The number of rotatable bonds is 4. The van der Waals surface area contributed by atoms with E-state index in [0.717, 1.165) is 12.1 Å². The first-order valence-electron chi connectivity index (χ1n) is 6.70. The average Bonchev–Trinajstić information content (AvgIpc) is 2.58. The van der Waals surface area contributed by atoms with Crippen molar-refractivity contribution >= 4 is 17.4 Å². The van der Waals surface area contributed by atoms with Crippen LogP contribution in [0.2, 0.25) is 0 Å². The quantitative estimate of drug-likeness (QED) is 0.511. The maximum absolute atomic E-state index is 13.6. The van der Waals surface area contributed by atoms with E-state index in [1.165, 1.54) is 19.2 Å². The summed E-state index contributed by atoms with van der Waals surface area (Å²) < 4.78 is 31.4. The number of aliphatic hydroxyl groups excluding tert-OH is 1. The highest BCUT2D eigenvalue weighted by Gasteiger charge is 2.18.